The Morgan fingerprint density at radius 2 is 1.91 bits per heavy atom. The third-order valence-electron chi connectivity index (χ3n) is 2.76. The molecule has 0 fully saturated rings. The van der Waals surface area contributed by atoms with Crippen molar-refractivity contribution in [2.24, 2.45) is 0 Å². The van der Waals surface area contributed by atoms with E-state index >= 15 is 0 Å². The van der Waals surface area contributed by atoms with E-state index in [2.05, 4.69) is 20.6 Å². The molecule has 2 N–H and O–H groups in total. The number of hydrogen-bond donors (Lipinski definition) is 2. The second-order valence-corrected chi connectivity index (χ2v) is 5.82. The summed E-state index contributed by atoms with van der Waals surface area (Å²) in [4.78, 5) is 20.3. The number of nitrogens with zero attached hydrogens (tertiary/aromatic N) is 2. The van der Waals surface area contributed by atoms with E-state index in [1.165, 1.54) is 6.33 Å². The first-order chi connectivity index (χ1) is 10.4. The molecule has 22 heavy (non-hydrogen) atoms. The molecular formula is C16H20N4O2. The molecule has 2 aromatic rings. The van der Waals surface area contributed by atoms with Gasteiger partial charge in [-0.15, -0.1) is 0 Å². The average molecular weight is 300 g/mol. The smallest absolute Gasteiger partial charge is 0.270 e. The lowest BCUT2D eigenvalue weighted by molar-refractivity contribution is 0.0914. The van der Waals surface area contributed by atoms with Crippen molar-refractivity contribution in [3.63, 3.8) is 0 Å². The molecule has 1 aromatic carbocycles. The summed E-state index contributed by atoms with van der Waals surface area (Å²) in [7, 11) is 1.60. The number of benzene rings is 1. The largest absolute Gasteiger partial charge is 0.495 e. The summed E-state index contributed by atoms with van der Waals surface area (Å²) in [5.41, 5.74) is 0.756. The maximum Gasteiger partial charge on any atom is 0.270 e. The number of anilines is 2. The molecule has 0 aliphatic rings. The maximum absolute atomic E-state index is 12.1. The fourth-order valence-electron chi connectivity index (χ4n) is 1.84. The lowest BCUT2D eigenvalue weighted by Gasteiger charge is -2.20. The molecule has 1 amide bonds. The van der Waals surface area contributed by atoms with Crippen LogP contribution in [0, 0.1) is 0 Å². The molecule has 1 heterocycles. The molecule has 2 rings (SSSR count). The first kappa shape index (κ1) is 15.8. The number of nitrogens with one attached hydrogen (secondary N) is 2. The number of rotatable bonds is 4. The first-order valence-corrected chi connectivity index (χ1v) is 6.93. The molecule has 0 unspecified atom stereocenters. The second-order valence-electron chi connectivity index (χ2n) is 5.82. The van der Waals surface area contributed by atoms with Crippen LogP contribution in [0.1, 0.15) is 31.3 Å². The van der Waals surface area contributed by atoms with Crippen molar-refractivity contribution >= 4 is 17.4 Å². The van der Waals surface area contributed by atoms with Gasteiger partial charge in [0.2, 0.25) is 0 Å². The van der Waals surface area contributed by atoms with Crippen LogP contribution in [0.2, 0.25) is 0 Å². The number of amides is 1. The molecular weight excluding hydrogens is 280 g/mol. The average Bonchev–Trinajstić information content (AvgIpc) is 2.46. The van der Waals surface area contributed by atoms with E-state index in [4.69, 9.17) is 4.74 Å². The molecule has 0 atom stereocenters. The number of methoxy groups -OCH3 is 1. The molecule has 0 aliphatic heterocycles. The van der Waals surface area contributed by atoms with Crippen LogP contribution in [-0.4, -0.2) is 28.5 Å². The monoisotopic (exact) mass is 300 g/mol. The zero-order chi connectivity index (χ0) is 16.2. The van der Waals surface area contributed by atoms with Gasteiger partial charge in [-0.05, 0) is 32.9 Å². The Kier molecular flexibility index (Phi) is 4.60. The Labute approximate surface area is 129 Å². The number of hydrogen-bond acceptors (Lipinski definition) is 5. The van der Waals surface area contributed by atoms with Crippen molar-refractivity contribution in [1.82, 2.24) is 15.3 Å². The molecule has 0 saturated carbocycles. The number of carbonyl (C=O) groups excluding carboxylic acids is 1. The molecule has 6 nitrogen and oxygen atoms in total. The van der Waals surface area contributed by atoms with Crippen LogP contribution in [0.5, 0.6) is 5.75 Å². The van der Waals surface area contributed by atoms with E-state index in [9.17, 15) is 4.79 Å². The van der Waals surface area contributed by atoms with Gasteiger partial charge < -0.3 is 15.4 Å². The quantitative estimate of drug-likeness (QED) is 0.908. The van der Waals surface area contributed by atoms with Crippen molar-refractivity contribution in [1.29, 1.82) is 0 Å². The van der Waals surface area contributed by atoms with Crippen molar-refractivity contribution in [2.75, 3.05) is 12.4 Å². The Morgan fingerprint density at radius 3 is 2.59 bits per heavy atom. The number of para-hydroxylation sites is 2. The third kappa shape index (κ3) is 4.18. The summed E-state index contributed by atoms with van der Waals surface area (Å²) in [6.07, 6.45) is 1.36. The lowest BCUT2D eigenvalue weighted by Crippen LogP contribution is -2.40. The molecule has 0 spiro atoms. The summed E-state index contributed by atoms with van der Waals surface area (Å²) in [5, 5.41) is 5.99. The Hall–Kier alpha value is -2.63. The van der Waals surface area contributed by atoms with Gasteiger partial charge in [0.15, 0.2) is 0 Å². The molecule has 0 saturated heterocycles. The highest BCUT2D eigenvalue weighted by Crippen LogP contribution is 2.26. The molecule has 0 bridgehead atoms. The van der Waals surface area contributed by atoms with Crippen molar-refractivity contribution in [3.05, 3.63) is 42.4 Å². The topological polar surface area (TPSA) is 76.1 Å². The highest BCUT2D eigenvalue weighted by Gasteiger charge is 2.17. The summed E-state index contributed by atoms with van der Waals surface area (Å²) in [6.45, 7) is 5.75. The number of carbonyl (C=O) groups is 1. The summed E-state index contributed by atoms with van der Waals surface area (Å²) < 4.78 is 5.28. The molecule has 6 heteroatoms. The van der Waals surface area contributed by atoms with Crippen LogP contribution >= 0.6 is 0 Å². The fraction of sp³-hybridized carbons (Fsp3) is 0.312. The van der Waals surface area contributed by atoms with E-state index in [0.29, 0.717) is 17.3 Å². The zero-order valence-corrected chi connectivity index (χ0v) is 13.2. The fourth-order valence-corrected chi connectivity index (χ4v) is 1.84. The van der Waals surface area contributed by atoms with Crippen molar-refractivity contribution in [3.8, 4) is 5.75 Å². The maximum atomic E-state index is 12.1. The standard InChI is InChI=1S/C16H20N4O2/c1-16(2,3)20-15(21)12-9-14(18-10-17-12)19-11-7-5-6-8-13(11)22-4/h5-10H,1-4H3,(H,20,21)(H,17,18,19). The first-order valence-electron chi connectivity index (χ1n) is 6.93. The Morgan fingerprint density at radius 1 is 1.18 bits per heavy atom. The Bertz CT molecular complexity index is 665. The van der Waals surface area contributed by atoms with Gasteiger partial charge >= 0.3 is 0 Å². The minimum atomic E-state index is -0.321. The van der Waals surface area contributed by atoms with E-state index in [1.54, 1.807) is 13.2 Å². The van der Waals surface area contributed by atoms with Gasteiger partial charge in [0.1, 0.15) is 23.6 Å². The lowest BCUT2D eigenvalue weighted by atomic mass is 10.1. The van der Waals surface area contributed by atoms with Crippen LogP contribution in [0.25, 0.3) is 0 Å². The second kappa shape index (κ2) is 6.43. The van der Waals surface area contributed by atoms with E-state index in [-0.39, 0.29) is 11.4 Å². The van der Waals surface area contributed by atoms with E-state index < -0.39 is 0 Å². The predicted molar refractivity (Wildman–Crippen MR) is 85.5 cm³/mol. The van der Waals surface area contributed by atoms with Crippen LogP contribution in [0.3, 0.4) is 0 Å². The highest BCUT2D eigenvalue weighted by atomic mass is 16.5. The minimum absolute atomic E-state index is 0.238. The predicted octanol–water partition coefficient (Wildman–Crippen LogP) is 2.76. The number of aromatic nitrogens is 2. The molecule has 1 aromatic heterocycles. The van der Waals surface area contributed by atoms with Crippen molar-refractivity contribution in [2.45, 2.75) is 26.3 Å². The van der Waals surface area contributed by atoms with Gasteiger partial charge in [-0.25, -0.2) is 9.97 Å². The van der Waals surface area contributed by atoms with Crippen LogP contribution < -0.4 is 15.4 Å². The van der Waals surface area contributed by atoms with Gasteiger partial charge in [0.25, 0.3) is 5.91 Å². The SMILES string of the molecule is COc1ccccc1Nc1cc(C(=O)NC(C)(C)C)ncn1. The molecule has 0 aliphatic carbocycles. The van der Waals surface area contributed by atoms with Crippen LogP contribution in [0.4, 0.5) is 11.5 Å². The minimum Gasteiger partial charge on any atom is -0.495 e. The zero-order valence-electron chi connectivity index (χ0n) is 13.2. The highest BCUT2D eigenvalue weighted by molar-refractivity contribution is 5.93. The summed E-state index contributed by atoms with van der Waals surface area (Å²) in [5.74, 6) is 0.985. The normalized spacial score (nSPS) is 10.9. The van der Waals surface area contributed by atoms with Crippen LogP contribution in [0.15, 0.2) is 36.7 Å². The molecule has 0 radical (unpaired) electrons. The van der Waals surface area contributed by atoms with Gasteiger partial charge in [0.05, 0.1) is 12.8 Å². The molecule has 116 valence electrons. The van der Waals surface area contributed by atoms with E-state index in [1.807, 2.05) is 45.0 Å². The van der Waals surface area contributed by atoms with Gasteiger partial charge in [-0.1, -0.05) is 12.1 Å². The van der Waals surface area contributed by atoms with Gasteiger partial charge in [-0.3, -0.25) is 4.79 Å². The van der Waals surface area contributed by atoms with Gasteiger partial charge in [0, 0.05) is 11.6 Å². The summed E-state index contributed by atoms with van der Waals surface area (Å²) >= 11 is 0. The van der Waals surface area contributed by atoms with Crippen molar-refractivity contribution < 1.29 is 9.53 Å². The van der Waals surface area contributed by atoms with Crippen LogP contribution in [-0.2, 0) is 0 Å². The van der Waals surface area contributed by atoms with E-state index in [0.717, 1.165) is 5.69 Å². The Balaban J connectivity index is 2.20. The van der Waals surface area contributed by atoms with Gasteiger partial charge in [-0.2, -0.15) is 0 Å². The third-order valence-corrected chi connectivity index (χ3v) is 2.76. The summed E-state index contributed by atoms with van der Waals surface area (Å²) in [6, 6.07) is 9.09. The number of ether oxygens (including phenoxy) is 1.